The maximum absolute atomic E-state index is 13.0. The van der Waals surface area contributed by atoms with Crippen LogP contribution >= 0.6 is 23.2 Å². The minimum Gasteiger partial charge on any atom is -0.457 e. The number of hydrogen-bond acceptors (Lipinski definition) is 4. The zero-order chi connectivity index (χ0) is 25.1. The first-order valence-electron chi connectivity index (χ1n) is 9.92. The monoisotopic (exact) mass is 532 g/mol. The number of rotatable bonds is 8. The molecule has 1 atom stereocenters. The predicted octanol–water partition coefficient (Wildman–Crippen LogP) is 6.39. The number of ether oxygens (including phenoxy) is 1. The van der Waals surface area contributed by atoms with Crippen molar-refractivity contribution in [2.75, 3.05) is 20.6 Å². The number of alkyl halides is 3. The first-order chi connectivity index (χ1) is 15.8. The second kappa shape index (κ2) is 10.5. The van der Waals surface area contributed by atoms with E-state index in [0.717, 1.165) is 12.1 Å². The van der Waals surface area contributed by atoms with Gasteiger partial charge in [0.25, 0.3) is 0 Å². The number of hydrogen-bond donors (Lipinski definition) is 1. The van der Waals surface area contributed by atoms with E-state index in [2.05, 4.69) is 4.72 Å². The van der Waals surface area contributed by atoms with Crippen LogP contribution in [0.15, 0.2) is 71.6 Å². The molecule has 34 heavy (non-hydrogen) atoms. The number of nitrogens with zero attached hydrogens (tertiary/aromatic N) is 1. The SMILES string of the molecule is CN(C)C[C@@H](NS(=O)(=O)c1ccc(Oc2cccc(C(F)(F)F)c2)cc1)c1ccc(Cl)c(Cl)c1. The second-order valence-corrected chi connectivity index (χ2v) is 10.2. The lowest BCUT2D eigenvalue weighted by molar-refractivity contribution is -0.137. The molecule has 0 radical (unpaired) electrons. The van der Waals surface area contributed by atoms with Gasteiger partial charge in [0.2, 0.25) is 10.0 Å². The van der Waals surface area contributed by atoms with Crippen LogP contribution in [0.5, 0.6) is 11.5 Å². The fourth-order valence-electron chi connectivity index (χ4n) is 3.12. The quantitative estimate of drug-likeness (QED) is 0.365. The van der Waals surface area contributed by atoms with Gasteiger partial charge in [-0.3, -0.25) is 0 Å². The number of likely N-dealkylation sites (N-methyl/N-ethyl adjacent to an activating group) is 1. The Hall–Kier alpha value is -2.30. The van der Waals surface area contributed by atoms with Gasteiger partial charge in [-0.05, 0) is 74.3 Å². The molecule has 182 valence electrons. The molecule has 3 rings (SSSR count). The van der Waals surface area contributed by atoms with Crippen molar-refractivity contribution < 1.29 is 26.3 Å². The van der Waals surface area contributed by atoms with E-state index in [0.29, 0.717) is 22.2 Å². The molecule has 11 heteroatoms. The molecular formula is C23H21Cl2F3N2O3S. The van der Waals surface area contributed by atoms with E-state index >= 15 is 0 Å². The molecule has 0 saturated heterocycles. The van der Waals surface area contributed by atoms with Gasteiger partial charge in [-0.15, -0.1) is 0 Å². The molecular weight excluding hydrogens is 512 g/mol. The van der Waals surface area contributed by atoms with Crippen LogP contribution in [0.25, 0.3) is 0 Å². The highest BCUT2D eigenvalue weighted by molar-refractivity contribution is 7.89. The lowest BCUT2D eigenvalue weighted by atomic mass is 10.1. The Labute approximate surface area is 206 Å². The van der Waals surface area contributed by atoms with Gasteiger partial charge in [-0.25, -0.2) is 13.1 Å². The Kier molecular flexibility index (Phi) is 8.15. The van der Waals surface area contributed by atoms with E-state index < -0.39 is 27.8 Å². The summed E-state index contributed by atoms with van der Waals surface area (Å²) < 4.78 is 72.8. The van der Waals surface area contributed by atoms with Crippen molar-refractivity contribution in [2.24, 2.45) is 0 Å². The van der Waals surface area contributed by atoms with E-state index in [4.69, 9.17) is 27.9 Å². The molecule has 1 N–H and O–H groups in total. The zero-order valence-electron chi connectivity index (χ0n) is 18.1. The van der Waals surface area contributed by atoms with Crippen LogP contribution in [0, 0.1) is 0 Å². The van der Waals surface area contributed by atoms with Gasteiger partial charge in [-0.1, -0.05) is 35.3 Å². The minimum absolute atomic E-state index is 0.0192. The molecule has 0 amide bonds. The average Bonchev–Trinajstić information content (AvgIpc) is 2.75. The molecule has 0 fully saturated rings. The summed E-state index contributed by atoms with van der Waals surface area (Å²) in [6.07, 6.45) is -4.50. The maximum Gasteiger partial charge on any atom is 0.416 e. The molecule has 0 aliphatic rings. The van der Waals surface area contributed by atoms with E-state index in [1.807, 2.05) is 4.90 Å². The molecule has 0 heterocycles. The zero-order valence-corrected chi connectivity index (χ0v) is 20.4. The van der Waals surface area contributed by atoms with E-state index in [-0.39, 0.29) is 16.4 Å². The molecule has 0 aliphatic carbocycles. The molecule has 3 aromatic rings. The second-order valence-electron chi connectivity index (χ2n) is 7.71. The van der Waals surface area contributed by atoms with Crippen molar-refractivity contribution in [2.45, 2.75) is 17.1 Å². The molecule has 0 aliphatic heterocycles. The number of sulfonamides is 1. The van der Waals surface area contributed by atoms with Gasteiger partial charge in [0.15, 0.2) is 0 Å². The Morgan fingerprint density at radius 3 is 2.21 bits per heavy atom. The highest BCUT2D eigenvalue weighted by Crippen LogP contribution is 2.33. The van der Waals surface area contributed by atoms with Crippen LogP contribution < -0.4 is 9.46 Å². The Morgan fingerprint density at radius 1 is 0.941 bits per heavy atom. The Bertz CT molecular complexity index is 1250. The van der Waals surface area contributed by atoms with E-state index in [1.165, 1.54) is 36.4 Å². The highest BCUT2D eigenvalue weighted by Gasteiger charge is 2.30. The molecule has 0 spiro atoms. The van der Waals surface area contributed by atoms with Gasteiger partial charge in [0, 0.05) is 6.54 Å². The van der Waals surface area contributed by atoms with Crippen molar-refractivity contribution >= 4 is 33.2 Å². The summed E-state index contributed by atoms with van der Waals surface area (Å²) in [6.45, 7) is 0.355. The van der Waals surface area contributed by atoms with Gasteiger partial charge >= 0.3 is 6.18 Å². The van der Waals surface area contributed by atoms with Gasteiger partial charge < -0.3 is 9.64 Å². The maximum atomic E-state index is 13.0. The third-order valence-electron chi connectivity index (χ3n) is 4.72. The summed E-state index contributed by atoms with van der Waals surface area (Å²) in [6, 6.07) is 14.1. The van der Waals surface area contributed by atoms with Crippen molar-refractivity contribution in [3.63, 3.8) is 0 Å². The lowest BCUT2D eigenvalue weighted by Gasteiger charge is -2.23. The molecule has 0 bridgehead atoms. The lowest BCUT2D eigenvalue weighted by Crippen LogP contribution is -2.35. The highest BCUT2D eigenvalue weighted by atomic mass is 35.5. The van der Waals surface area contributed by atoms with Gasteiger partial charge in [-0.2, -0.15) is 13.2 Å². The van der Waals surface area contributed by atoms with Crippen molar-refractivity contribution in [3.8, 4) is 11.5 Å². The van der Waals surface area contributed by atoms with Crippen LogP contribution in [0.3, 0.4) is 0 Å². The smallest absolute Gasteiger partial charge is 0.416 e. The molecule has 0 saturated carbocycles. The van der Waals surface area contributed by atoms with Crippen LogP contribution in [-0.2, 0) is 16.2 Å². The van der Waals surface area contributed by atoms with Crippen molar-refractivity contribution in [1.29, 1.82) is 0 Å². The third-order valence-corrected chi connectivity index (χ3v) is 6.95. The summed E-state index contributed by atoms with van der Waals surface area (Å²) in [5.74, 6) is 0.168. The standard InChI is InChI=1S/C23H21Cl2F3N2O3S/c1-30(2)14-22(15-6-11-20(24)21(25)12-15)29-34(31,32)19-9-7-17(8-10-19)33-18-5-3-4-16(13-18)23(26,27)28/h3-13,22,29H,14H2,1-2H3/t22-/m1/s1. The van der Waals surface area contributed by atoms with Gasteiger partial charge in [0.1, 0.15) is 11.5 Å². The Balaban J connectivity index is 1.79. The van der Waals surface area contributed by atoms with E-state index in [9.17, 15) is 21.6 Å². The fraction of sp³-hybridized carbons (Fsp3) is 0.217. The number of benzene rings is 3. The molecule has 0 unspecified atom stereocenters. The normalized spacial score (nSPS) is 13.2. The number of halogens is 5. The van der Waals surface area contributed by atoms with Crippen LogP contribution in [0.1, 0.15) is 17.2 Å². The molecule has 3 aromatic carbocycles. The number of nitrogens with one attached hydrogen (secondary N) is 1. The molecule has 5 nitrogen and oxygen atoms in total. The fourth-order valence-corrected chi connectivity index (χ4v) is 4.64. The Morgan fingerprint density at radius 2 is 1.62 bits per heavy atom. The van der Waals surface area contributed by atoms with Crippen molar-refractivity contribution in [3.05, 3.63) is 87.9 Å². The third kappa shape index (κ3) is 6.86. The topological polar surface area (TPSA) is 58.6 Å². The summed E-state index contributed by atoms with van der Waals surface area (Å²) in [4.78, 5) is 1.79. The van der Waals surface area contributed by atoms with Crippen molar-refractivity contribution in [1.82, 2.24) is 9.62 Å². The minimum atomic E-state index is -4.50. The summed E-state index contributed by atoms with van der Waals surface area (Å²) in [7, 11) is -0.340. The predicted molar refractivity (Wildman–Crippen MR) is 126 cm³/mol. The first kappa shape index (κ1) is 26.3. The van der Waals surface area contributed by atoms with E-state index in [1.54, 1.807) is 32.3 Å². The van der Waals surface area contributed by atoms with Crippen LogP contribution in [-0.4, -0.2) is 34.0 Å². The van der Waals surface area contributed by atoms with Crippen LogP contribution in [0.2, 0.25) is 10.0 Å². The molecule has 0 aromatic heterocycles. The summed E-state index contributed by atoms with van der Waals surface area (Å²) in [5, 5.41) is 0.659. The average molecular weight is 533 g/mol. The first-order valence-corrected chi connectivity index (χ1v) is 12.2. The summed E-state index contributed by atoms with van der Waals surface area (Å²) in [5.41, 5.74) is -0.209. The largest absolute Gasteiger partial charge is 0.457 e. The van der Waals surface area contributed by atoms with Crippen LogP contribution in [0.4, 0.5) is 13.2 Å². The summed E-state index contributed by atoms with van der Waals surface area (Å²) >= 11 is 12.1. The van der Waals surface area contributed by atoms with Gasteiger partial charge in [0.05, 0.1) is 26.5 Å².